The second kappa shape index (κ2) is 10.7. The van der Waals surface area contributed by atoms with Crippen LogP contribution in [0.1, 0.15) is 81.3 Å². The van der Waals surface area contributed by atoms with E-state index in [1.807, 2.05) is 70.1 Å². The van der Waals surface area contributed by atoms with E-state index in [1.54, 1.807) is 12.4 Å². The Hall–Kier alpha value is -4.19. The summed E-state index contributed by atoms with van der Waals surface area (Å²) in [5.41, 5.74) is 6.45. The Morgan fingerprint density at radius 1 is 0.842 bits per heavy atom. The van der Waals surface area contributed by atoms with Crippen LogP contribution < -0.4 is 10.2 Å². The van der Waals surface area contributed by atoms with Crippen LogP contribution in [-0.4, -0.2) is 21.4 Å². The van der Waals surface area contributed by atoms with Gasteiger partial charge in [0, 0.05) is 35.9 Å². The molecule has 192 valence electrons. The highest BCUT2D eigenvalue weighted by molar-refractivity contribution is 6.06. The first-order valence-electron chi connectivity index (χ1n) is 13.5. The lowest BCUT2D eigenvalue weighted by Gasteiger charge is -2.24. The van der Waals surface area contributed by atoms with Crippen LogP contribution in [0.3, 0.4) is 0 Å². The van der Waals surface area contributed by atoms with Crippen molar-refractivity contribution in [3.8, 4) is 0 Å². The number of aromatic nitrogens is 2. The Morgan fingerprint density at radius 2 is 1.61 bits per heavy atom. The molecule has 1 N–H and O–H groups in total. The number of carbonyl (C=O) groups excluding carboxylic acids is 2. The number of benzene rings is 2. The maximum atomic E-state index is 13.8. The van der Waals surface area contributed by atoms with E-state index >= 15 is 0 Å². The lowest BCUT2D eigenvalue weighted by atomic mass is 9.84. The van der Waals surface area contributed by atoms with Gasteiger partial charge in [-0.1, -0.05) is 49.6 Å². The first-order chi connectivity index (χ1) is 18.7. The summed E-state index contributed by atoms with van der Waals surface area (Å²) in [7, 11) is 0. The SMILES string of the molecule is O=C(NCc1ccncc1)c1ccc2n1Cc1ccccc1N(C(=O)c1ccc(C3CCCCC3)cc1)C2. The van der Waals surface area contributed by atoms with Crippen molar-refractivity contribution in [1.29, 1.82) is 0 Å². The van der Waals surface area contributed by atoms with Gasteiger partial charge in [0.25, 0.3) is 11.8 Å². The Labute approximate surface area is 223 Å². The molecule has 2 amide bonds. The number of nitrogens with one attached hydrogen (secondary N) is 1. The number of hydrogen-bond acceptors (Lipinski definition) is 3. The van der Waals surface area contributed by atoms with E-state index in [9.17, 15) is 9.59 Å². The van der Waals surface area contributed by atoms with Crippen molar-refractivity contribution in [2.45, 2.75) is 57.7 Å². The molecular weight excluding hydrogens is 472 g/mol. The van der Waals surface area contributed by atoms with Gasteiger partial charge >= 0.3 is 0 Å². The molecule has 0 radical (unpaired) electrons. The number of nitrogens with zero attached hydrogens (tertiary/aromatic N) is 3. The zero-order valence-corrected chi connectivity index (χ0v) is 21.5. The van der Waals surface area contributed by atoms with Crippen LogP contribution in [0.4, 0.5) is 5.69 Å². The van der Waals surface area contributed by atoms with Crippen LogP contribution in [0.15, 0.2) is 85.2 Å². The van der Waals surface area contributed by atoms with Crippen LogP contribution in [0.2, 0.25) is 0 Å². The Morgan fingerprint density at radius 3 is 2.39 bits per heavy atom. The van der Waals surface area contributed by atoms with E-state index in [-0.39, 0.29) is 11.8 Å². The van der Waals surface area contributed by atoms with Crippen molar-refractivity contribution in [1.82, 2.24) is 14.9 Å². The fraction of sp³-hybridized carbons (Fsp3) is 0.281. The Bertz CT molecular complexity index is 1440. The van der Waals surface area contributed by atoms with Crippen LogP contribution in [-0.2, 0) is 19.6 Å². The molecule has 6 heteroatoms. The predicted molar refractivity (Wildman–Crippen MR) is 148 cm³/mol. The van der Waals surface area contributed by atoms with Crippen molar-refractivity contribution in [2.75, 3.05) is 4.90 Å². The topological polar surface area (TPSA) is 67.2 Å². The van der Waals surface area contributed by atoms with Gasteiger partial charge in [-0.25, -0.2) is 0 Å². The molecular formula is C32H32N4O2. The van der Waals surface area contributed by atoms with E-state index < -0.39 is 0 Å². The van der Waals surface area contributed by atoms with Crippen LogP contribution in [0.25, 0.3) is 0 Å². The van der Waals surface area contributed by atoms with Crippen LogP contribution in [0.5, 0.6) is 0 Å². The summed E-state index contributed by atoms with van der Waals surface area (Å²) in [4.78, 5) is 32.9. The molecule has 1 aliphatic heterocycles. The molecule has 0 spiro atoms. The standard InChI is InChI=1S/C32H32N4O2/c37-31(34-20-23-16-18-33-19-17-23)30-15-14-28-22-36(29-9-5-4-8-27(29)21-35(28)30)32(38)26-12-10-25(11-13-26)24-6-2-1-3-7-24/h4-5,8-19,24H,1-3,6-7,20-22H2,(H,34,37). The molecule has 6 nitrogen and oxygen atoms in total. The normalized spacial score (nSPS) is 15.3. The summed E-state index contributed by atoms with van der Waals surface area (Å²) < 4.78 is 2.03. The molecule has 3 heterocycles. The summed E-state index contributed by atoms with van der Waals surface area (Å²) >= 11 is 0. The number of anilines is 1. The zero-order chi connectivity index (χ0) is 25.9. The van der Waals surface area contributed by atoms with Gasteiger partial charge in [-0.15, -0.1) is 0 Å². The number of rotatable bonds is 5. The van der Waals surface area contributed by atoms with Gasteiger partial charge in [-0.3, -0.25) is 14.6 Å². The minimum absolute atomic E-state index is 0.0222. The summed E-state index contributed by atoms with van der Waals surface area (Å²) in [5, 5.41) is 3.02. The monoisotopic (exact) mass is 504 g/mol. The maximum absolute atomic E-state index is 13.8. The second-order valence-electron chi connectivity index (χ2n) is 10.3. The van der Waals surface area contributed by atoms with Crippen molar-refractivity contribution in [3.05, 3.63) is 119 Å². The Kier molecular flexibility index (Phi) is 6.78. The smallest absolute Gasteiger partial charge is 0.268 e. The number of hydrogen-bond donors (Lipinski definition) is 1. The van der Waals surface area contributed by atoms with E-state index in [2.05, 4.69) is 22.4 Å². The molecule has 2 aromatic heterocycles. The zero-order valence-electron chi connectivity index (χ0n) is 21.5. The minimum Gasteiger partial charge on any atom is -0.347 e. The molecule has 2 aliphatic rings. The minimum atomic E-state index is -0.136. The van der Waals surface area contributed by atoms with Crippen molar-refractivity contribution < 1.29 is 9.59 Å². The fourth-order valence-corrected chi connectivity index (χ4v) is 5.80. The fourth-order valence-electron chi connectivity index (χ4n) is 5.80. The van der Waals surface area contributed by atoms with Gasteiger partial charge in [0.15, 0.2) is 0 Å². The molecule has 0 atom stereocenters. The molecule has 2 aromatic carbocycles. The molecule has 1 saturated carbocycles. The van der Waals surface area contributed by atoms with Gasteiger partial charge < -0.3 is 14.8 Å². The average molecular weight is 505 g/mol. The van der Waals surface area contributed by atoms with Crippen molar-refractivity contribution >= 4 is 17.5 Å². The lowest BCUT2D eigenvalue weighted by Crippen LogP contribution is -2.30. The highest BCUT2D eigenvalue weighted by Crippen LogP contribution is 2.34. The van der Waals surface area contributed by atoms with Crippen LogP contribution >= 0.6 is 0 Å². The molecule has 0 unspecified atom stereocenters. The Balaban J connectivity index is 1.25. The molecule has 1 fully saturated rings. The first kappa shape index (κ1) is 24.2. The maximum Gasteiger partial charge on any atom is 0.268 e. The third-order valence-corrected chi connectivity index (χ3v) is 7.92. The van der Waals surface area contributed by atoms with E-state index in [0.717, 1.165) is 22.5 Å². The summed E-state index contributed by atoms with van der Waals surface area (Å²) in [6, 6.07) is 23.8. The number of pyridine rings is 1. The highest BCUT2D eigenvalue weighted by Gasteiger charge is 2.27. The van der Waals surface area contributed by atoms with Crippen molar-refractivity contribution in [2.24, 2.45) is 0 Å². The number of amides is 2. The van der Waals surface area contributed by atoms with E-state index in [1.165, 1.54) is 37.7 Å². The molecule has 0 bridgehead atoms. The van der Waals surface area contributed by atoms with E-state index in [4.69, 9.17) is 0 Å². The van der Waals surface area contributed by atoms with E-state index in [0.29, 0.717) is 36.8 Å². The third kappa shape index (κ3) is 4.86. The molecule has 6 rings (SSSR count). The second-order valence-corrected chi connectivity index (χ2v) is 10.3. The summed E-state index contributed by atoms with van der Waals surface area (Å²) in [6.45, 7) is 1.36. The number of fused-ring (bicyclic) bond motifs is 2. The van der Waals surface area contributed by atoms with Gasteiger partial charge in [0.1, 0.15) is 5.69 Å². The summed E-state index contributed by atoms with van der Waals surface area (Å²) in [5.74, 6) is 0.452. The van der Waals surface area contributed by atoms with Gasteiger partial charge in [0.05, 0.1) is 13.1 Å². The van der Waals surface area contributed by atoms with Crippen molar-refractivity contribution in [3.63, 3.8) is 0 Å². The third-order valence-electron chi connectivity index (χ3n) is 7.92. The predicted octanol–water partition coefficient (Wildman–Crippen LogP) is 6.07. The lowest BCUT2D eigenvalue weighted by molar-refractivity contribution is 0.0941. The molecule has 4 aromatic rings. The van der Waals surface area contributed by atoms with Crippen LogP contribution in [0, 0.1) is 0 Å². The quantitative estimate of drug-likeness (QED) is 0.359. The van der Waals surface area contributed by atoms with Gasteiger partial charge in [0.2, 0.25) is 0 Å². The number of para-hydroxylation sites is 1. The molecule has 0 saturated heterocycles. The number of carbonyl (C=O) groups is 2. The largest absolute Gasteiger partial charge is 0.347 e. The average Bonchev–Trinajstić information content (AvgIpc) is 3.29. The molecule has 38 heavy (non-hydrogen) atoms. The van der Waals surface area contributed by atoms with Gasteiger partial charge in [-0.2, -0.15) is 0 Å². The highest BCUT2D eigenvalue weighted by atomic mass is 16.2. The van der Waals surface area contributed by atoms with Gasteiger partial charge in [-0.05, 0) is 77.9 Å². The first-order valence-corrected chi connectivity index (χ1v) is 13.5. The summed E-state index contributed by atoms with van der Waals surface area (Å²) in [6.07, 6.45) is 9.83. The molecule has 1 aliphatic carbocycles.